The Morgan fingerprint density at radius 2 is 1.85 bits per heavy atom. The molecule has 2 unspecified atom stereocenters. The van der Waals surface area contributed by atoms with Crippen molar-refractivity contribution in [1.82, 2.24) is 4.90 Å². The lowest BCUT2D eigenvalue weighted by Gasteiger charge is -2.26. The maximum Gasteiger partial charge on any atom is 0.411 e. The van der Waals surface area contributed by atoms with Crippen molar-refractivity contribution in [2.75, 3.05) is 6.54 Å². The highest BCUT2D eigenvalue weighted by molar-refractivity contribution is 6.37. The van der Waals surface area contributed by atoms with E-state index in [4.69, 9.17) is 32.7 Å². The van der Waals surface area contributed by atoms with E-state index in [0.29, 0.717) is 21.4 Å². The van der Waals surface area contributed by atoms with Gasteiger partial charge in [0.05, 0.1) is 11.6 Å². The van der Waals surface area contributed by atoms with Gasteiger partial charge in [0.1, 0.15) is 23.5 Å². The summed E-state index contributed by atoms with van der Waals surface area (Å²) in [5.74, 6) is -0.678. The molecule has 2 rings (SSSR count). The van der Waals surface area contributed by atoms with E-state index >= 15 is 0 Å². The van der Waals surface area contributed by atoms with Crippen LogP contribution < -0.4 is 4.74 Å². The van der Waals surface area contributed by atoms with Crippen molar-refractivity contribution >= 4 is 35.3 Å². The first-order chi connectivity index (χ1) is 11.9. The highest BCUT2D eigenvalue weighted by atomic mass is 35.5. The lowest BCUT2D eigenvalue weighted by molar-refractivity contribution is -0.142. The van der Waals surface area contributed by atoms with E-state index in [0.717, 1.165) is 5.56 Å². The number of likely N-dealkylation sites (tertiary alicyclic amines) is 1. The molecule has 8 heteroatoms. The third-order valence-electron chi connectivity index (χ3n) is 4.04. The number of benzene rings is 1. The van der Waals surface area contributed by atoms with Gasteiger partial charge in [-0.05, 0) is 51.8 Å². The highest BCUT2D eigenvalue weighted by Gasteiger charge is 2.42. The number of carbonyl (C=O) groups excluding carboxylic acids is 1. The van der Waals surface area contributed by atoms with Crippen LogP contribution in [0.15, 0.2) is 6.07 Å². The van der Waals surface area contributed by atoms with Gasteiger partial charge in [-0.15, -0.1) is 0 Å². The second-order valence-electron chi connectivity index (χ2n) is 7.41. The van der Waals surface area contributed by atoms with E-state index < -0.39 is 29.8 Å². The first-order valence-electron chi connectivity index (χ1n) is 8.25. The molecule has 1 amide bonds. The third kappa shape index (κ3) is 4.54. The summed E-state index contributed by atoms with van der Waals surface area (Å²) in [7, 11) is 0. The zero-order chi connectivity index (χ0) is 19.8. The minimum atomic E-state index is -1.10. The van der Waals surface area contributed by atoms with Gasteiger partial charge in [-0.3, -0.25) is 4.90 Å². The second-order valence-corrected chi connectivity index (χ2v) is 8.16. The molecule has 0 saturated carbocycles. The molecule has 1 aliphatic heterocycles. The Balaban J connectivity index is 2.20. The van der Waals surface area contributed by atoms with Crippen LogP contribution >= 0.6 is 23.2 Å². The number of nitrogens with zero attached hydrogens (tertiary/aromatic N) is 1. The third-order valence-corrected chi connectivity index (χ3v) is 5.09. The van der Waals surface area contributed by atoms with Crippen LogP contribution in [0.25, 0.3) is 0 Å². The summed E-state index contributed by atoms with van der Waals surface area (Å²) in [5, 5.41) is 10.4. The average Bonchev–Trinajstić information content (AvgIpc) is 2.93. The number of rotatable bonds is 3. The second kappa shape index (κ2) is 7.53. The van der Waals surface area contributed by atoms with Gasteiger partial charge in [0.25, 0.3) is 0 Å². The maximum atomic E-state index is 12.3. The molecular weight excluding hydrogens is 381 g/mol. The Kier molecular flexibility index (Phi) is 5.98. The van der Waals surface area contributed by atoms with Crippen LogP contribution in [0, 0.1) is 13.8 Å². The van der Waals surface area contributed by atoms with Crippen molar-refractivity contribution < 1.29 is 24.2 Å². The smallest absolute Gasteiger partial charge is 0.411 e. The van der Waals surface area contributed by atoms with Gasteiger partial charge < -0.3 is 14.6 Å². The molecule has 1 fully saturated rings. The van der Waals surface area contributed by atoms with Crippen molar-refractivity contribution in [3.05, 3.63) is 27.2 Å². The fourth-order valence-electron chi connectivity index (χ4n) is 2.80. The Bertz CT molecular complexity index is 729. The minimum absolute atomic E-state index is 0.100. The molecule has 1 N–H and O–H groups in total. The van der Waals surface area contributed by atoms with E-state index in [-0.39, 0.29) is 13.0 Å². The molecule has 1 saturated heterocycles. The monoisotopic (exact) mass is 403 g/mol. The summed E-state index contributed by atoms with van der Waals surface area (Å²) >= 11 is 12.5. The number of hydrogen-bond donors (Lipinski definition) is 1. The Morgan fingerprint density at radius 1 is 1.23 bits per heavy atom. The standard InChI is InChI=1S/C18H23Cl2NO5/c1-9-6-13(15(20)10(2)14(9)19)25-11-7-12(16(22)23)21(8-11)17(24)26-18(3,4)5/h6,11-12H,7-8H2,1-5H3,(H,22,23). The molecule has 1 heterocycles. The molecular formula is C18H23Cl2NO5. The van der Waals surface area contributed by atoms with Gasteiger partial charge in [-0.25, -0.2) is 9.59 Å². The van der Waals surface area contributed by atoms with Gasteiger partial charge in [0.2, 0.25) is 0 Å². The number of aliphatic carboxylic acids is 1. The number of carboxylic acids is 1. The number of halogens is 2. The van der Waals surface area contributed by atoms with E-state index in [1.54, 1.807) is 33.8 Å². The fraction of sp³-hybridized carbons (Fsp3) is 0.556. The van der Waals surface area contributed by atoms with Gasteiger partial charge >= 0.3 is 12.1 Å². The maximum absolute atomic E-state index is 12.3. The Hall–Kier alpha value is -1.66. The predicted molar refractivity (Wildman–Crippen MR) is 99.3 cm³/mol. The number of hydrogen-bond acceptors (Lipinski definition) is 4. The molecule has 1 aliphatic rings. The summed E-state index contributed by atoms with van der Waals surface area (Å²) < 4.78 is 11.2. The van der Waals surface area contributed by atoms with Crippen LogP contribution in [0.4, 0.5) is 4.79 Å². The Labute approximate surface area is 163 Å². The van der Waals surface area contributed by atoms with Crippen molar-refractivity contribution in [3.63, 3.8) is 0 Å². The van der Waals surface area contributed by atoms with E-state index in [9.17, 15) is 14.7 Å². The van der Waals surface area contributed by atoms with Crippen molar-refractivity contribution in [2.24, 2.45) is 0 Å². The Morgan fingerprint density at radius 3 is 2.38 bits per heavy atom. The molecule has 0 bridgehead atoms. The summed E-state index contributed by atoms with van der Waals surface area (Å²) in [5.41, 5.74) is 0.785. The number of amides is 1. The SMILES string of the molecule is Cc1cc(OC2CC(C(=O)O)N(C(=O)OC(C)(C)C)C2)c(Cl)c(C)c1Cl. The van der Waals surface area contributed by atoms with Crippen molar-refractivity contribution in [2.45, 2.75) is 58.8 Å². The van der Waals surface area contributed by atoms with Gasteiger partial charge in [-0.1, -0.05) is 23.2 Å². The number of carbonyl (C=O) groups is 2. The number of ether oxygens (including phenoxy) is 2. The zero-order valence-electron chi connectivity index (χ0n) is 15.4. The van der Waals surface area contributed by atoms with E-state index in [1.165, 1.54) is 4.90 Å². The minimum Gasteiger partial charge on any atom is -0.487 e. The summed E-state index contributed by atoms with van der Waals surface area (Å²) in [4.78, 5) is 25.1. The predicted octanol–water partition coefficient (Wildman–Crippen LogP) is 4.45. The van der Waals surface area contributed by atoms with Crippen molar-refractivity contribution in [3.8, 4) is 5.75 Å². The lowest BCUT2D eigenvalue weighted by atomic mass is 10.1. The summed E-state index contributed by atoms with van der Waals surface area (Å²) in [6, 6.07) is 0.701. The average molecular weight is 404 g/mol. The zero-order valence-corrected chi connectivity index (χ0v) is 16.9. The number of carboxylic acid groups (broad SMARTS) is 1. The van der Waals surface area contributed by atoms with Crippen LogP contribution in [-0.2, 0) is 9.53 Å². The first-order valence-corrected chi connectivity index (χ1v) is 9.00. The highest BCUT2D eigenvalue weighted by Crippen LogP contribution is 2.37. The fourth-order valence-corrected chi connectivity index (χ4v) is 3.20. The molecule has 1 aromatic rings. The quantitative estimate of drug-likeness (QED) is 0.806. The molecule has 144 valence electrons. The largest absolute Gasteiger partial charge is 0.487 e. The normalized spacial score (nSPS) is 20.2. The number of aryl methyl sites for hydroxylation is 1. The molecule has 0 aliphatic carbocycles. The molecule has 2 atom stereocenters. The first kappa shape index (κ1) is 20.6. The van der Waals surface area contributed by atoms with Crippen LogP contribution in [0.2, 0.25) is 10.0 Å². The van der Waals surface area contributed by atoms with Gasteiger partial charge in [0, 0.05) is 11.4 Å². The van der Waals surface area contributed by atoms with E-state index in [2.05, 4.69) is 0 Å². The molecule has 0 aromatic heterocycles. The van der Waals surface area contributed by atoms with Gasteiger partial charge in [0.15, 0.2) is 0 Å². The molecule has 1 aromatic carbocycles. The van der Waals surface area contributed by atoms with Crippen LogP contribution in [0.5, 0.6) is 5.75 Å². The lowest BCUT2D eigenvalue weighted by Crippen LogP contribution is -2.43. The molecule has 26 heavy (non-hydrogen) atoms. The summed E-state index contributed by atoms with van der Waals surface area (Å²) in [6.45, 7) is 8.90. The summed E-state index contributed by atoms with van der Waals surface area (Å²) in [6.07, 6.45) is -1.04. The van der Waals surface area contributed by atoms with Crippen LogP contribution in [0.1, 0.15) is 38.3 Å². The van der Waals surface area contributed by atoms with E-state index in [1.807, 2.05) is 6.92 Å². The van der Waals surface area contributed by atoms with Crippen molar-refractivity contribution in [1.29, 1.82) is 0 Å². The van der Waals surface area contributed by atoms with Crippen LogP contribution in [-0.4, -0.2) is 46.4 Å². The molecule has 0 radical (unpaired) electrons. The molecule has 6 nitrogen and oxygen atoms in total. The van der Waals surface area contributed by atoms with Crippen LogP contribution in [0.3, 0.4) is 0 Å². The van der Waals surface area contributed by atoms with Gasteiger partial charge in [-0.2, -0.15) is 0 Å². The molecule has 0 spiro atoms. The topological polar surface area (TPSA) is 76.1 Å².